The third-order valence-electron chi connectivity index (χ3n) is 11.1. The van der Waals surface area contributed by atoms with E-state index >= 15 is 0 Å². The largest absolute Gasteiger partial charge is 0.473 e. The number of anilines is 1. The Kier molecular flexibility index (Phi) is 11.4. The quantitative estimate of drug-likeness (QED) is 0.124. The number of aryl methyl sites for hydroxylation is 1. The third kappa shape index (κ3) is 8.81. The lowest BCUT2D eigenvalue weighted by molar-refractivity contribution is 0.0727. The number of nitrogens with zero attached hydrogens (tertiary/aromatic N) is 6. The zero-order valence-electron chi connectivity index (χ0n) is 32.3. The fourth-order valence-electron chi connectivity index (χ4n) is 7.83. The van der Waals surface area contributed by atoms with Crippen LogP contribution in [0.2, 0.25) is 0 Å². The van der Waals surface area contributed by atoms with Crippen LogP contribution in [0.5, 0.6) is 11.8 Å². The average molecular weight is 751 g/mol. The molecule has 0 unspecified atom stereocenters. The second-order valence-corrected chi connectivity index (χ2v) is 15.0. The summed E-state index contributed by atoms with van der Waals surface area (Å²) in [6, 6.07) is 41.0. The lowest BCUT2D eigenvalue weighted by atomic mass is 9.95. The van der Waals surface area contributed by atoms with Gasteiger partial charge in [0.1, 0.15) is 25.5 Å². The van der Waals surface area contributed by atoms with Crippen molar-refractivity contribution in [1.29, 1.82) is 0 Å². The van der Waals surface area contributed by atoms with Gasteiger partial charge in [0.05, 0.1) is 11.1 Å². The van der Waals surface area contributed by atoms with Crippen molar-refractivity contribution in [1.82, 2.24) is 24.6 Å². The highest BCUT2D eigenvalue weighted by Gasteiger charge is 2.30. The number of piperazine rings is 1. The van der Waals surface area contributed by atoms with Crippen molar-refractivity contribution in [3.05, 3.63) is 138 Å². The van der Waals surface area contributed by atoms with Crippen LogP contribution in [0.3, 0.4) is 0 Å². The Morgan fingerprint density at radius 2 is 1.38 bits per heavy atom. The highest BCUT2D eigenvalue weighted by atomic mass is 16.6. The number of rotatable bonds is 12. The fourth-order valence-corrected chi connectivity index (χ4v) is 7.83. The van der Waals surface area contributed by atoms with Gasteiger partial charge in [-0.25, -0.2) is 4.79 Å². The highest BCUT2D eigenvalue weighted by Crippen LogP contribution is 2.37. The van der Waals surface area contributed by atoms with Gasteiger partial charge in [-0.2, -0.15) is 10.1 Å². The number of likely N-dealkylation sites (tertiary alicyclic amines) is 1. The Labute approximate surface area is 329 Å². The van der Waals surface area contributed by atoms with Gasteiger partial charge in [0.25, 0.3) is 0 Å². The van der Waals surface area contributed by atoms with E-state index in [4.69, 9.17) is 24.3 Å². The molecule has 2 aromatic heterocycles. The van der Waals surface area contributed by atoms with Gasteiger partial charge in [-0.1, -0.05) is 91.0 Å². The maximum atomic E-state index is 12.7. The van der Waals surface area contributed by atoms with Crippen LogP contribution in [0.25, 0.3) is 22.2 Å². The molecule has 4 aromatic carbocycles. The van der Waals surface area contributed by atoms with Gasteiger partial charge >= 0.3 is 6.09 Å². The normalized spacial score (nSPS) is 16.6. The maximum Gasteiger partial charge on any atom is 0.410 e. The number of fused-ring (bicyclic) bond motifs is 1. The fraction of sp³-hybridized carbons (Fsp3) is 0.326. The van der Waals surface area contributed by atoms with Gasteiger partial charge < -0.3 is 24.0 Å². The van der Waals surface area contributed by atoms with E-state index in [-0.39, 0.29) is 6.09 Å². The van der Waals surface area contributed by atoms with Gasteiger partial charge in [-0.15, -0.1) is 0 Å². The molecule has 10 heteroatoms. The monoisotopic (exact) mass is 750 g/mol. The standard InChI is InChI=1S/C46H50N6O4/c1-34-29-52(27-26-51(34)30-35-22-24-50(25-23-35)46(53)56-33-38-16-10-5-11-17-38)39-18-19-40-42(28-39)49(2)48-44(40)41-20-21-43(54-31-36-12-6-3-7-13-36)47-45(41)55-32-37-14-8-4-9-15-37/h3-21,28,34-35H,22-27,29-33H2,1-2H3/t34-/m0/s1. The number of carbonyl (C=O) groups excluding carboxylic acids is 1. The minimum Gasteiger partial charge on any atom is -0.473 e. The molecule has 1 amide bonds. The van der Waals surface area contributed by atoms with Crippen molar-refractivity contribution >= 4 is 22.7 Å². The van der Waals surface area contributed by atoms with E-state index in [1.165, 1.54) is 5.69 Å². The van der Waals surface area contributed by atoms with Crippen molar-refractivity contribution in [2.24, 2.45) is 13.0 Å². The van der Waals surface area contributed by atoms with Crippen LogP contribution < -0.4 is 14.4 Å². The molecule has 2 fully saturated rings. The number of aromatic nitrogens is 3. The molecule has 10 nitrogen and oxygen atoms in total. The van der Waals surface area contributed by atoms with Gasteiger partial charge in [-0.3, -0.25) is 9.58 Å². The third-order valence-corrected chi connectivity index (χ3v) is 11.1. The maximum absolute atomic E-state index is 12.7. The van der Waals surface area contributed by atoms with E-state index < -0.39 is 0 Å². The first-order valence-electron chi connectivity index (χ1n) is 19.7. The second-order valence-electron chi connectivity index (χ2n) is 15.0. The molecule has 288 valence electrons. The molecule has 56 heavy (non-hydrogen) atoms. The Hall–Kier alpha value is -5.87. The van der Waals surface area contributed by atoms with Crippen molar-refractivity contribution in [2.75, 3.05) is 44.2 Å². The average Bonchev–Trinajstić information content (AvgIpc) is 3.58. The van der Waals surface area contributed by atoms with Crippen LogP contribution in [-0.4, -0.2) is 76.0 Å². The Morgan fingerprint density at radius 1 is 0.732 bits per heavy atom. The molecule has 2 saturated heterocycles. The summed E-state index contributed by atoms with van der Waals surface area (Å²) >= 11 is 0. The van der Waals surface area contributed by atoms with Crippen LogP contribution in [0, 0.1) is 5.92 Å². The smallest absolute Gasteiger partial charge is 0.410 e. The second kappa shape index (κ2) is 17.3. The molecule has 1 atom stereocenters. The van der Waals surface area contributed by atoms with Crippen molar-refractivity contribution in [3.63, 3.8) is 0 Å². The van der Waals surface area contributed by atoms with Crippen LogP contribution in [-0.2, 0) is 31.6 Å². The van der Waals surface area contributed by atoms with E-state index in [2.05, 4.69) is 34.9 Å². The first-order chi connectivity index (χ1) is 27.5. The molecule has 6 aromatic rings. The van der Waals surface area contributed by atoms with E-state index in [0.717, 1.165) is 91.0 Å². The minimum atomic E-state index is -0.206. The van der Waals surface area contributed by atoms with E-state index in [1.54, 1.807) is 0 Å². The van der Waals surface area contributed by atoms with Gasteiger partial charge in [0, 0.05) is 69.5 Å². The zero-order chi connectivity index (χ0) is 38.3. The number of carbonyl (C=O) groups is 1. The lowest BCUT2D eigenvalue weighted by Crippen LogP contribution is -2.54. The summed E-state index contributed by atoms with van der Waals surface area (Å²) in [6.07, 6.45) is 1.80. The summed E-state index contributed by atoms with van der Waals surface area (Å²) < 4.78 is 20.0. The van der Waals surface area contributed by atoms with Gasteiger partial charge in [0.2, 0.25) is 11.8 Å². The van der Waals surface area contributed by atoms with Crippen LogP contribution in [0.15, 0.2) is 121 Å². The van der Waals surface area contributed by atoms with Crippen molar-refractivity contribution in [2.45, 2.75) is 45.6 Å². The topological polar surface area (TPSA) is 85.2 Å². The van der Waals surface area contributed by atoms with Crippen LogP contribution in [0.4, 0.5) is 10.5 Å². The Bertz CT molecular complexity index is 2210. The number of pyridine rings is 1. The molecule has 0 N–H and O–H groups in total. The Morgan fingerprint density at radius 3 is 2.04 bits per heavy atom. The summed E-state index contributed by atoms with van der Waals surface area (Å²) in [5, 5.41) is 6.06. The zero-order valence-corrected chi connectivity index (χ0v) is 32.3. The van der Waals surface area contributed by atoms with E-state index in [1.807, 2.05) is 120 Å². The molecular formula is C46H50N6O4. The Balaban J connectivity index is 0.909. The molecule has 8 rings (SSSR count). The van der Waals surface area contributed by atoms with Crippen LogP contribution >= 0.6 is 0 Å². The SMILES string of the molecule is C[C@H]1CN(c2ccc3c(-c4ccc(OCc5ccccc5)nc4OCc4ccccc4)nn(C)c3c2)CCN1CC1CCN(C(=O)OCc2ccccc2)CC1. The summed E-state index contributed by atoms with van der Waals surface area (Å²) in [5.41, 5.74) is 7.05. The summed E-state index contributed by atoms with van der Waals surface area (Å²) in [7, 11) is 2.00. The number of amides is 1. The number of hydrogen-bond acceptors (Lipinski definition) is 8. The number of ether oxygens (including phenoxy) is 3. The molecule has 0 spiro atoms. The summed E-state index contributed by atoms with van der Waals surface area (Å²) in [4.78, 5) is 24.5. The minimum absolute atomic E-state index is 0.206. The first kappa shape index (κ1) is 37.1. The van der Waals surface area contributed by atoms with Gasteiger partial charge in [0.15, 0.2) is 0 Å². The first-order valence-corrected chi connectivity index (χ1v) is 19.7. The number of benzene rings is 4. The predicted molar refractivity (Wildman–Crippen MR) is 220 cm³/mol. The summed E-state index contributed by atoms with van der Waals surface area (Å²) in [6.45, 7) is 8.92. The molecule has 0 radical (unpaired) electrons. The summed E-state index contributed by atoms with van der Waals surface area (Å²) in [5.74, 6) is 1.56. The molecule has 0 saturated carbocycles. The van der Waals surface area contributed by atoms with Crippen LogP contribution in [0.1, 0.15) is 36.5 Å². The number of piperidine rings is 1. The van der Waals surface area contributed by atoms with E-state index in [9.17, 15) is 4.79 Å². The van der Waals surface area contributed by atoms with E-state index in [0.29, 0.717) is 43.5 Å². The molecule has 2 aliphatic rings. The lowest BCUT2D eigenvalue weighted by Gasteiger charge is -2.43. The molecule has 0 bridgehead atoms. The van der Waals surface area contributed by atoms with Gasteiger partial charge in [-0.05, 0) is 66.6 Å². The molecular weight excluding hydrogens is 701 g/mol. The predicted octanol–water partition coefficient (Wildman–Crippen LogP) is 8.35. The molecule has 0 aliphatic carbocycles. The molecule has 2 aliphatic heterocycles. The number of hydrogen-bond donors (Lipinski definition) is 0. The molecule has 4 heterocycles. The highest BCUT2D eigenvalue weighted by molar-refractivity contribution is 5.96. The van der Waals surface area contributed by atoms with Crippen molar-refractivity contribution in [3.8, 4) is 23.0 Å². The van der Waals surface area contributed by atoms with Crippen molar-refractivity contribution < 1.29 is 19.0 Å².